The van der Waals surface area contributed by atoms with Crippen LogP contribution in [-0.4, -0.2) is 32.1 Å². The molecule has 0 saturated heterocycles. The molecule has 2 aromatic carbocycles. The average molecular weight is 392 g/mol. The van der Waals surface area contributed by atoms with Gasteiger partial charge in [-0.05, 0) is 49.4 Å². The summed E-state index contributed by atoms with van der Waals surface area (Å²) in [5.41, 5.74) is 0.825. The van der Waals surface area contributed by atoms with E-state index >= 15 is 0 Å². The van der Waals surface area contributed by atoms with Gasteiger partial charge >= 0.3 is 0 Å². The number of nitrogens with one attached hydrogen (secondary N) is 2. The number of hydrogen-bond acceptors (Lipinski definition) is 5. The van der Waals surface area contributed by atoms with E-state index in [0.29, 0.717) is 17.1 Å². The zero-order valence-electron chi connectivity index (χ0n) is 14.4. The van der Waals surface area contributed by atoms with Crippen molar-refractivity contribution in [2.75, 3.05) is 16.4 Å². The number of carbonyl (C=O) groups excluding carboxylic acids is 2. The predicted molar refractivity (Wildman–Crippen MR) is 96.9 cm³/mol. The summed E-state index contributed by atoms with van der Waals surface area (Å²) in [5.74, 6) is -1.26. The Hall–Kier alpha value is -2.94. The molecular weight excluding hydrogens is 375 g/mol. The quantitative estimate of drug-likeness (QED) is 0.761. The van der Waals surface area contributed by atoms with Gasteiger partial charge in [0.15, 0.2) is 15.9 Å². The largest absolute Gasteiger partial charge is 0.479 e. The number of anilines is 2. The van der Waals surface area contributed by atoms with Crippen molar-refractivity contribution in [2.24, 2.45) is 0 Å². The van der Waals surface area contributed by atoms with E-state index < -0.39 is 33.4 Å². The van der Waals surface area contributed by atoms with Gasteiger partial charge in [-0.3, -0.25) is 9.59 Å². The normalized spacial score (nSPS) is 16.1. The summed E-state index contributed by atoms with van der Waals surface area (Å²) < 4.78 is 42.7. The second-order valence-corrected chi connectivity index (χ2v) is 8.14. The molecule has 9 heteroatoms. The first-order valence-electron chi connectivity index (χ1n) is 8.14. The first kappa shape index (κ1) is 18.8. The summed E-state index contributed by atoms with van der Waals surface area (Å²) in [7, 11) is -3.70. The number of halogens is 1. The standard InChI is InChI=1S/C18H17FN2O5S/c1-11-18(23)21-15-10-13(4-7-16(15)26-11)20-17(22)8-9-27(24,25)14-5-2-12(19)3-6-14/h2-7,10-11H,8-9H2,1H3,(H,20,22)(H,21,23)/t11-/m1/s1. The molecule has 2 aromatic rings. The monoisotopic (exact) mass is 392 g/mol. The lowest BCUT2D eigenvalue weighted by atomic mass is 10.2. The van der Waals surface area contributed by atoms with Crippen molar-refractivity contribution in [1.82, 2.24) is 0 Å². The molecular formula is C18H17FN2O5S. The highest BCUT2D eigenvalue weighted by Crippen LogP contribution is 2.32. The van der Waals surface area contributed by atoms with Crippen LogP contribution in [0.1, 0.15) is 13.3 Å². The van der Waals surface area contributed by atoms with Crippen molar-refractivity contribution in [3.63, 3.8) is 0 Å². The molecule has 0 bridgehead atoms. The number of ether oxygens (including phenoxy) is 1. The molecule has 0 unspecified atom stereocenters. The number of benzene rings is 2. The Morgan fingerprint density at radius 1 is 1.22 bits per heavy atom. The van der Waals surface area contributed by atoms with Crippen molar-refractivity contribution in [3.8, 4) is 5.75 Å². The van der Waals surface area contributed by atoms with Gasteiger partial charge in [0.05, 0.1) is 16.3 Å². The highest BCUT2D eigenvalue weighted by molar-refractivity contribution is 7.91. The van der Waals surface area contributed by atoms with Gasteiger partial charge in [-0.15, -0.1) is 0 Å². The number of hydrogen-bond donors (Lipinski definition) is 2. The van der Waals surface area contributed by atoms with Gasteiger partial charge in [-0.1, -0.05) is 0 Å². The topological polar surface area (TPSA) is 102 Å². The van der Waals surface area contributed by atoms with Crippen LogP contribution in [0.2, 0.25) is 0 Å². The Morgan fingerprint density at radius 2 is 1.93 bits per heavy atom. The summed E-state index contributed by atoms with van der Waals surface area (Å²) in [6.45, 7) is 1.62. The molecule has 0 fully saturated rings. The number of carbonyl (C=O) groups is 2. The van der Waals surface area contributed by atoms with Crippen LogP contribution in [0.4, 0.5) is 15.8 Å². The molecule has 0 aliphatic carbocycles. The zero-order valence-corrected chi connectivity index (χ0v) is 15.2. The molecule has 0 saturated carbocycles. The van der Waals surface area contributed by atoms with E-state index in [4.69, 9.17) is 4.74 Å². The van der Waals surface area contributed by atoms with E-state index in [0.717, 1.165) is 24.3 Å². The molecule has 7 nitrogen and oxygen atoms in total. The minimum absolute atomic E-state index is 0.0422. The lowest BCUT2D eigenvalue weighted by molar-refractivity contribution is -0.122. The van der Waals surface area contributed by atoms with Crippen molar-refractivity contribution in [1.29, 1.82) is 0 Å². The van der Waals surface area contributed by atoms with Gasteiger partial charge in [-0.25, -0.2) is 12.8 Å². The van der Waals surface area contributed by atoms with Crippen LogP contribution >= 0.6 is 0 Å². The molecule has 0 spiro atoms. The Bertz CT molecular complexity index is 989. The van der Waals surface area contributed by atoms with Crippen molar-refractivity contribution in [3.05, 3.63) is 48.3 Å². The van der Waals surface area contributed by atoms with Gasteiger partial charge in [-0.2, -0.15) is 0 Å². The fraction of sp³-hybridized carbons (Fsp3) is 0.222. The maximum Gasteiger partial charge on any atom is 0.265 e. The molecule has 27 heavy (non-hydrogen) atoms. The zero-order chi connectivity index (χ0) is 19.6. The molecule has 1 atom stereocenters. The maximum absolute atomic E-state index is 12.9. The predicted octanol–water partition coefficient (Wildman–Crippen LogP) is 2.35. The maximum atomic E-state index is 12.9. The Kier molecular flexibility index (Phi) is 5.13. The van der Waals surface area contributed by atoms with Gasteiger partial charge < -0.3 is 15.4 Å². The van der Waals surface area contributed by atoms with Gasteiger partial charge in [0.2, 0.25) is 5.91 Å². The van der Waals surface area contributed by atoms with E-state index in [1.165, 1.54) is 6.07 Å². The van der Waals surface area contributed by atoms with Crippen molar-refractivity contribution < 1.29 is 27.1 Å². The van der Waals surface area contributed by atoms with Gasteiger partial charge in [0, 0.05) is 12.1 Å². The van der Waals surface area contributed by atoms with Gasteiger partial charge in [0.25, 0.3) is 5.91 Å². The van der Waals surface area contributed by atoms with Crippen molar-refractivity contribution >= 4 is 33.0 Å². The molecule has 142 valence electrons. The number of sulfone groups is 1. The van der Waals surface area contributed by atoms with E-state index in [9.17, 15) is 22.4 Å². The lowest BCUT2D eigenvalue weighted by Gasteiger charge is -2.23. The highest BCUT2D eigenvalue weighted by Gasteiger charge is 2.24. The van der Waals surface area contributed by atoms with Crippen LogP contribution in [0.15, 0.2) is 47.4 Å². The third kappa shape index (κ3) is 4.43. The van der Waals surface area contributed by atoms with Crippen molar-refractivity contribution in [2.45, 2.75) is 24.3 Å². The third-order valence-corrected chi connectivity index (χ3v) is 5.70. The first-order valence-corrected chi connectivity index (χ1v) is 9.79. The molecule has 1 heterocycles. The summed E-state index contributed by atoms with van der Waals surface area (Å²) in [6, 6.07) is 9.16. The minimum Gasteiger partial charge on any atom is -0.479 e. The number of fused-ring (bicyclic) bond motifs is 1. The molecule has 1 aliphatic heterocycles. The summed E-state index contributed by atoms with van der Waals surface area (Å²) in [4.78, 5) is 23.7. The number of amides is 2. The smallest absolute Gasteiger partial charge is 0.265 e. The van der Waals surface area contributed by atoms with E-state index in [1.807, 2.05) is 0 Å². The first-order chi connectivity index (χ1) is 12.7. The average Bonchev–Trinajstić information content (AvgIpc) is 2.62. The van der Waals surface area contributed by atoms with Crippen LogP contribution in [0.3, 0.4) is 0 Å². The minimum atomic E-state index is -3.70. The van der Waals surface area contributed by atoms with Gasteiger partial charge in [0.1, 0.15) is 11.6 Å². The Balaban J connectivity index is 1.62. The third-order valence-electron chi connectivity index (χ3n) is 3.96. The van der Waals surface area contributed by atoms with Crippen LogP contribution in [0.5, 0.6) is 5.75 Å². The lowest BCUT2D eigenvalue weighted by Crippen LogP contribution is -2.34. The fourth-order valence-electron chi connectivity index (χ4n) is 2.50. The second kappa shape index (κ2) is 7.36. The van der Waals surface area contributed by atoms with E-state index in [2.05, 4.69) is 10.6 Å². The second-order valence-electron chi connectivity index (χ2n) is 6.03. The SMILES string of the molecule is C[C@H]1Oc2ccc(NC(=O)CCS(=O)(=O)c3ccc(F)cc3)cc2NC1=O. The van der Waals surface area contributed by atoms with E-state index in [-0.39, 0.29) is 17.2 Å². The van der Waals surface area contributed by atoms with Crippen LogP contribution in [-0.2, 0) is 19.4 Å². The fourth-order valence-corrected chi connectivity index (χ4v) is 3.74. The number of rotatable bonds is 5. The molecule has 2 amide bonds. The molecule has 2 N–H and O–H groups in total. The Labute approximate surface area is 155 Å². The molecule has 0 aromatic heterocycles. The molecule has 3 rings (SSSR count). The summed E-state index contributed by atoms with van der Waals surface area (Å²) in [5, 5.41) is 5.24. The van der Waals surface area contributed by atoms with Crippen LogP contribution < -0.4 is 15.4 Å². The molecule has 0 radical (unpaired) electrons. The van der Waals surface area contributed by atoms with Crippen LogP contribution in [0, 0.1) is 5.82 Å². The highest BCUT2D eigenvalue weighted by atomic mass is 32.2. The molecule has 1 aliphatic rings. The van der Waals surface area contributed by atoms with Crippen LogP contribution in [0.25, 0.3) is 0 Å². The Morgan fingerprint density at radius 3 is 2.63 bits per heavy atom. The summed E-state index contributed by atoms with van der Waals surface area (Å²) >= 11 is 0. The summed E-state index contributed by atoms with van der Waals surface area (Å²) in [6.07, 6.45) is -0.869. The van der Waals surface area contributed by atoms with E-state index in [1.54, 1.807) is 19.1 Å².